The van der Waals surface area contributed by atoms with Crippen molar-refractivity contribution < 1.29 is 14.3 Å². The zero-order valence-electron chi connectivity index (χ0n) is 14.8. The monoisotopic (exact) mass is 341 g/mol. The van der Waals surface area contributed by atoms with Gasteiger partial charge in [-0.1, -0.05) is 30.3 Å². The molecule has 4 bridgehead atoms. The van der Waals surface area contributed by atoms with Gasteiger partial charge in [-0.3, -0.25) is 4.79 Å². The van der Waals surface area contributed by atoms with E-state index >= 15 is 0 Å². The number of hydrogen-bond donors (Lipinski definition) is 1. The van der Waals surface area contributed by atoms with Crippen LogP contribution in [0.5, 0.6) is 0 Å². The topological polar surface area (TPSA) is 55.4 Å². The summed E-state index contributed by atoms with van der Waals surface area (Å²) >= 11 is 0. The maximum absolute atomic E-state index is 13.0. The number of methoxy groups -OCH3 is 1. The molecule has 4 aliphatic carbocycles. The quantitative estimate of drug-likeness (QED) is 0.838. The number of ether oxygens (including phenoxy) is 1. The molecule has 0 heterocycles. The summed E-state index contributed by atoms with van der Waals surface area (Å²) in [5.41, 5.74) is 1.03. The highest BCUT2D eigenvalue weighted by Gasteiger charge is 2.51. The first-order valence-corrected chi connectivity index (χ1v) is 9.56. The first-order chi connectivity index (χ1) is 12.1. The molecular weight excluding hydrogens is 314 g/mol. The minimum atomic E-state index is -0.600. The zero-order valence-corrected chi connectivity index (χ0v) is 14.8. The molecule has 0 radical (unpaired) electrons. The largest absolute Gasteiger partial charge is 0.467 e. The van der Waals surface area contributed by atoms with Crippen LogP contribution in [0.3, 0.4) is 0 Å². The molecular formula is C21H27NO3. The number of esters is 1. The fourth-order valence-corrected chi connectivity index (χ4v) is 5.81. The number of nitrogens with one attached hydrogen (secondary N) is 1. The van der Waals surface area contributed by atoms with Crippen molar-refractivity contribution in [1.29, 1.82) is 0 Å². The summed E-state index contributed by atoms with van der Waals surface area (Å²) in [6.45, 7) is 0. The van der Waals surface area contributed by atoms with Gasteiger partial charge in [0, 0.05) is 12.3 Å². The number of carbonyl (C=O) groups excluding carboxylic acids is 2. The Morgan fingerprint density at radius 2 is 1.64 bits per heavy atom. The fraction of sp³-hybridized carbons (Fsp3) is 0.619. The average Bonchev–Trinajstić information content (AvgIpc) is 2.60. The van der Waals surface area contributed by atoms with E-state index in [1.165, 1.54) is 39.2 Å². The molecule has 0 saturated heterocycles. The molecule has 1 amide bonds. The van der Waals surface area contributed by atoms with Gasteiger partial charge in [0.15, 0.2) is 0 Å². The van der Waals surface area contributed by atoms with E-state index in [9.17, 15) is 9.59 Å². The van der Waals surface area contributed by atoms with Crippen LogP contribution in [0.1, 0.15) is 37.7 Å². The van der Waals surface area contributed by atoms with Crippen LogP contribution in [-0.2, 0) is 20.7 Å². The molecule has 0 aromatic heterocycles. The van der Waals surface area contributed by atoms with E-state index in [1.54, 1.807) is 0 Å². The molecule has 1 unspecified atom stereocenters. The van der Waals surface area contributed by atoms with Crippen molar-refractivity contribution in [2.24, 2.45) is 29.6 Å². The minimum Gasteiger partial charge on any atom is -0.467 e. The second-order valence-corrected chi connectivity index (χ2v) is 8.23. The van der Waals surface area contributed by atoms with Crippen LogP contribution in [0.2, 0.25) is 0 Å². The molecule has 134 valence electrons. The summed E-state index contributed by atoms with van der Waals surface area (Å²) in [6.07, 6.45) is 6.66. The fourth-order valence-electron chi connectivity index (χ4n) is 5.81. The Hall–Kier alpha value is -1.84. The summed E-state index contributed by atoms with van der Waals surface area (Å²) in [5.74, 6) is 2.52. The lowest BCUT2D eigenvalue weighted by Crippen LogP contribution is -2.54. The molecule has 4 nitrogen and oxygen atoms in total. The van der Waals surface area contributed by atoms with Crippen LogP contribution >= 0.6 is 0 Å². The maximum atomic E-state index is 13.0. The summed E-state index contributed by atoms with van der Waals surface area (Å²) in [7, 11) is 1.38. The molecule has 1 N–H and O–H groups in total. The van der Waals surface area contributed by atoms with E-state index in [4.69, 9.17) is 4.74 Å². The van der Waals surface area contributed by atoms with Gasteiger partial charge >= 0.3 is 5.97 Å². The lowest BCUT2D eigenvalue weighted by atomic mass is 9.51. The predicted octanol–water partition coefficient (Wildman–Crippen LogP) is 2.96. The van der Waals surface area contributed by atoms with E-state index < -0.39 is 6.04 Å². The summed E-state index contributed by atoms with van der Waals surface area (Å²) in [5, 5.41) is 3.03. The Morgan fingerprint density at radius 3 is 2.20 bits per heavy atom. The Balaban J connectivity index is 1.46. The van der Waals surface area contributed by atoms with Gasteiger partial charge < -0.3 is 10.1 Å². The summed E-state index contributed by atoms with van der Waals surface area (Å²) in [4.78, 5) is 25.2. The smallest absolute Gasteiger partial charge is 0.328 e. The van der Waals surface area contributed by atoms with Gasteiger partial charge in [-0.2, -0.15) is 0 Å². The van der Waals surface area contributed by atoms with Crippen molar-refractivity contribution in [3.63, 3.8) is 0 Å². The van der Waals surface area contributed by atoms with Crippen molar-refractivity contribution in [3.05, 3.63) is 35.9 Å². The van der Waals surface area contributed by atoms with E-state index in [1.807, 2.05) is 30.3 Å². The van der Waals surface area contributed by atoms with Crippen molar-refractivity contribution >= 4 is 11.9 Å². The molecule has 0 spiro atoms. The lowest BCUT2D eigenvalue weighted by Gasteiger charge is -2.53. The maximum Gasteiger partial charge on any atom is 0.328 e. The number of hydrogen-bond acceptors (Lipinski definition) is 3. The second kappa shape index (κ2) is 6.81. The Kier molecular flexibility index (Phi) is 4.53. The van der Waals surface area contributed by atoms with E-state index in [0.29, 0.717) is 18.3 Å². The van der Waals surface area contributed by atoms with E-state index in [0.717, 1.165) is 17.4 Å². The Morgan fingerprint density at radius 1 is 1.04 bits per heavy atom. The molecule has 4 aliphatic rings. The standard InChI is InChI=1S/C21H27NO3/c1-25-21(24)18(12-13-5-3-2-4-6-13)22-20(23)19-16-8-14-7-15(10-16)11-17(19)9-14/h2-6,14-19H,7-12H2,1H3,(H,22,23). The third-order valence-electron chi connectivity index (χ3n) is 6.61. The number of carbonyl (C=O) groups is 2. The molecule has 4 heteroatoms. The van der Waals surface area contributed by atoms with Gasteiger partial charge in [0.2, 0.25) is 5.91 Å². The summed E-state index contributed by atoms with van der Waals surface area (Å²) < 4.78 is 4.94. The van der Waals surface area contributed by atoms with Gasteiger partial charge in [-0.15, -0.1) is 0 Å². The van der Waals surface area contributed by atoms with E-state index in [-0.39, 0.29) is 17.8 Å². The molecule has 1 atom stereocenters. The molecule has 4 fully saturated rings. The van der Waals surface area contributed by atoms with Crippen molar-refractivity contribution in [3.8, 4) is 0 Å². The van der Waals surface area contributed by atoms with E-state index in [2.05, 4.69) is 5.32 Å². The first kappa shape index (κ1) is 16.6. The van der Waals surface area contributed by atoms with Crippen LogP contribution in [-0.4, -0.2) is 25.0 Å². The van der Waals surface area contributed by atoms with Crippen LogP contribution in [0, 0.1) is 29.6 Å². The molecule has 4 saturated carbocycles. The molecule has 0 aliphatic heterocycles. The third kappa shape index (κ3) is 3.31. The molecule has 1 aromatic carbocycles. The van der Waals surface area contributed by atoms with Gasteiger partial charge in [0.05, 0.1) is 7.11 Å². The van der Waals surface area contributed by atoms with Crippen molar-refractivity contribution in [2.45, 2.75) is 44.6 Å². The van der Waals surface area contributed by atoms with Gasteiger partial charge in [-0.25, -0.2) is 4.79 Å². The molecule has 5 rings (SSSR count). The molecule has 25 heavy (non-hydrogen) atoms. The second-order valence-electron chi connectivity index (χ2n) is 8.23. The van der Waals surface area contributed by atoms with Gasteiger partial charge in [0.1, 0.15) is 6.04 Å². The van der Waals surface area contributed by atoms with Crippen LogP contribution in [0.25, 0.3) is 0 Å². The zero-order chi connectivity index (χ0) is 17.4. The Bertz CT molecular complexity index is 614. The van der Waals surface area contributed by atoms with Gasteiger partial charge in [-0.05, 0) is 61.3 Å². The lowest BCUT2D eigenvalue weighted by molar-refractivity contribution is -0.148. The number of amides is 1. The highest BCUT2D eigenvalue weighted by molar-refractivity contribution is 5.86. The van der Waals surface area contributed by atoms with Crippen LogP contribution in [0.4, 0.5) is 0 Å². The number of rotatable bonds is 5. The first-order valence-electron chi connectivity index (χ1n) is 9.56. The van der Waals surface area contributed by atoms with Gasteiger partial charge in [0.25, 0.3) is 0 Å². The van der Waals surface area contributed by atoms with Crippen molar-refractivity contribution in [1.82, 2.24) is 5.32 Å². The SMILES string of the molecule is COC(=O)C(Cc1ccccc1)NC(=O)C1C2CC3CC(C2)CC1C3. The minimum absolute atomic E-state index is 0.0696. The third-order valence-corrected chi connectivity index (χ3v) is 6.61. The molecule has 1 aromatic rings. The Labute approximate surface area is 149 Å². The average molecular weight is 341 g/mol. The normalized spacial score (nSPS) is 33.7. The van der Waals surface area contributed by atoms with Crippen molar-refractivity contribution in [2.75, 3.05) is 7.11 Å². The van der Waals surface area contributed by atoms with Crippen LogP contribution in [0.15, 0.2) is 30.3 Å². The highest BCUT2D eigenvalue weighted by atomic mass is 16.5. The highest BCUT2D eigenvalue weighted by Crippen LogP contribution is 2.56. The summed E-state index contributed by atoms with van der Waals surface area (Å²) in [6, 6.07) is 9.20. The van der Waals surface area contributed by atoms with Crippen LogP contribution < -0.4 is 5.32 Å². The number of benzene rings is 1. The predicted molar refractivity (Wildman–Crippen MR) is 94.6 cm³/mol.